The molecule has 2 N–H and O–H groups in total. The van der Waals surface area contributed by atoms with Crippen LogP contribution < -0.4 is 0 Å². The van der Waals surface area contributed by atoms with Crippen molar-refractivity contribution in [2.24, 2.45) is 5.92 Å². The maximum absolute atomic E-state index is 11.0. The van der Waals surface area contributed by atoms with Gasteiger partial charge in [0.1, 0.15) is 11.7 Å². The lowest BCUT2D eigenvalue weighted by Crippen LogP contribution is -2.21. The van der Waals surface area contributed by atoms with E-state index in [4.69, 9.17) is 16.8 Å². The Kier molecular flexibility index (Phi) is 17.4. The van der Waals surface area contributed by atoms with Crippen LogP contribution in [0.5, 0.6) is 5.75 Å². The molecule has 0 heterocycles. The van der Waals surface area contributed by atoms with Gasteiger partial charge in [-0.05, 0) is 40.4 Å². The van der Waals surface area contributed by atoms with Gasteiger partial charge in [0.15, 0.2) is 0 Å². The largest absolute Gasteiger partial charge is 0.507 e. The van der Waals surface area contributed by atoms with Crippen LogP contribution in [0.15, 0.2) is 12.1 Å². The molecule has 3 nitrogen and oxygen atoms in total. The predicted molar refractivity (Wildman–Crippen MR) is 172 cm³/mol. The van der Waals surface area contributed by atoms with E-state index in [0.29, 0.717) is 12.2 Å². The molecule has 0 saturated carbocycles. The van der Waals surface area contributed by atoms with E-state index in [2.05, 4.69) is 60.6 Å². The zero-order chi connectivity index (χ0) is 29.3. The summed E-state index contributed by atoms with van der Waals surface area (Å²) in [5.41, 5.74) is 2.66. The van der Waals surface area contributed by atoms with Crippen molar-refractivity contribution in [2.45, 2.75) is 175 Å². The van der Waals surface area contributed by atoms with Gasteiger partial charge in [0, 0.05) is 0 Å². The van der Waals surface area contributed by atoms with E-state index in [1.54, 1.807) is 0 Å². The number of phenols is 1. The lowest BCUT2D eigenvalue weighted by Gasteiger charge is -2.28. The van der Waals surface area contributed by atoms with Crippen molar-refractivity contribution < 1.29 is 14.1 Å². The Balaban J connectivity index is 2.42. The standard InChI is InChI=1S/C35H62O3S/c1-8-9-10-11-12-13-14-15-16-17-18-19-20-21-22-23-24-29(33(37)38-39)25-28-26-30(34(2,3)4)32(36)31(27-28)35(5,6)7/h26-27,29,36-37H,8-25H2,1-7H3. The molecule has 4 heteroatoms. The number of benzene rings is 1. The van der Waals surface area contributed by atoms with E-state index in [1.165, 1.54) is 96.3 Å². The summed E-state index contributed by atoms with van der Waals surface area (Å²) in [7, 11) is 0. The quantitative estimate of drug-likeness (QED) is 0.0944. The third-order valence-electron chi connectivity index (χ3n) is 8.11. The number of phenolic OH excluding ortho intramolecular Hbond substituents is 1. The minimum absolute atomic E-state index is 0.0475. The van der Waals surface area contributed by atoms with Gasteiger partial charge in [0.05, 0.1) is 0 Å². The second kappa shape index (κ2) is 18.9. The Hall–Kier alpha value is -1.29. The van der Waals surface area contributed by atoms with E-state index >= 15 is 0 Å². The number of carboxylic acids is 1. The van der Waals surface area contributed by atoms with Crippen LogP contribution in [0.3, 0.4) is 0 Å². The molecule has 226 valence electrons. The summed E-state index contributed by atoms with van der Waals surface area (Å²) in [5, 5.41) is 21.5. The molecule has 0 bridgehead atoms. The highest BCUT2D eigenvalue weighted by Gasteiger charge is 2.29. The summed E-state index contributed by atoms with van der Waals surface area (Å²) < 4.78 is 4.89. The molecule has 0 radical (unpaired) electrons. The summed E-state index contributed by atoms with van der Waals surface area (Å²) in [6, 6.07) is 4.20. The molecule has 39 heavy (non-hydrogen) atoms. The lowest BCUT2D eigenvalue weighted by atomic mass is 9.77. The Morgan fingerprint density at radius 1 is 0.692 bits per heavy atom. The Morgan fingerprint density at radius 2 is 1.05 bits per heavy atom. The highest BCUT2D eigenvalue weighted by atomic mass is 32.1. The maximum atomic E-state index is 11.0. The fourth-order valence-corrected chi connectivity index (χ4v) is 5.70. The first-order valence-electron chi connectivity index (χ1n) is 16.1. The average Bonchev–Trinajstić information content (AvgIpc) is 2.86. The number of carboxylic acid groups (broad SMARTS) is 1. The van der Waals surface area contributed by atoms with Crippen LogP contribution >= 0.6 is 0 Å². The smallest absolute Gasteiger partial charge is 0.469 e. The highest BCUT2D eigenvalue weighted by molar-refractivity contribution is 7.50. The van der Waals surface area contributed by atoms with E-state index in [0.717, 1.165) is 29.5 Å². The summed E-state index contributed by atoms with van der Waals surface area (Å²) >= 11 is 4.75. The van der Waals surface area contributed by atoms with E-state index in [9.17, 15) is 10.2 Å². The fourth-order valence-electron chi connectivity index (χ4n) is 5.56. The zero-order valence-electron chi connectivity index (χ0n) is 26.7. The van der Waals surface area contributed by atoms with Crippen molar-refractivity contribution in [3.05, 3.63) is 28.8 Å². The van der Waals surface area contributed by atoms with Gasteiger partial charge < -0.3 is 27.0 Å². The van der Waals surface area contributed by atoms with Crippen molar-refractivity contribution in [3.63, 3.8) is 0 Å². The van der Waals surface area contributed by atoms with E-state index in [-0.39, 0.29) is 22.7 Å². The van der Waals surface area contributed by atoms with Gasteiger partial charge in [-0.15, -0.1) is 0 Å². The number of aromatic hydroxyl groups is 1. The molecule has 0 aliphatic carbocycles. The second-order valence-corrected chi connectivity index (χ2v) is 14.1. The number of aliphatic hydroxyl groups excluding tert-OH is 1. The van der Waals surface area contributed by atoms with Crippen LogP contribution in [0, 0.1) is 5.92 Å². The van der Waals surface area contributed by atoms with Gasteiger partial charge >= 0.3 is 5.97 Å². The Bertz CT molecular complexity index is 781. The number of hydrogen-bond acceptors (Lipinski definition) is 2. The Morgan fingerprint density at radius 3 is 1.38 bits per heavy atom. The highest BCUT2D eigenvalue weighted by Crippen LogP contribution is 2.40. The molecule has 0 aliphatic heterocycles. The van der Waals surface area contributed by atoms with Crippen LogP contribution in [0.4, 0.5) is 0 Å². The zero-order valence-corrected chi connectivity index (χ0v) is 27.5. The third kappa shape index (κ3) is 14.8. The summed E-state index contributed by atoms with van der Waals surface area (Å²) in [6.45, 7) is 15.0. The monoisotopic (exact) mass is 562 g/mol. The molecule has 0 spiro atoms. The van der Waals surface area contributed by atoms with Gasteiger partial charge in [-0.25, -0.2) is 0 Å². The molecule has 0 aromatic heterocycles. The molecule has 0 fully saturated rings. The average molecular weight is 563 g/mol. The van der Waals surface area contributed by atoms with Gasteiger partial charge in [-0.1, -0.05) is 163 Å². The van der Waals surface area contributed by atoms with E-state index < -0.39 is 0 Å². The van der Waals surface area contributed by atoms with Gasteiger partial charge in [0.2, 0.25) is 0 Å². The third-order valence-corrected chi connectivity index (χ3v) is 8.28. The van der Waals surface area contributed by atoms with Gasteiger partial charge in [0.25, 0.3) is 0 Å². The van der Waals surface area contributed by atoms with Crippen LogP contribution in [0.25, 0.3) is 0 Å². The summed E-state index contributed by atoms with van der Waals surface area (Å²) in [5.74, 6) is 0.216. The first kappa shape index (κ1) is 35.7. The fraction of sp³-hybridized carbons (Fsp3) is 0.800. The van der Waals surface area contributed by atoms with Crippen molar-refractivity contribution >= 4 is 18.9 Å². The van der Waals surface area contributed by atoms with Crippen molar-refractivity contribution in [2.75, 3.05) is 0 Å². The van der Waals surface area contributed by atoms with Crippen LogP contribution in [-0.2, 0) is 34.0 Å². The molecule has 1 aromatic carbocycles. The number of hydrogen-bond donors (Lipinski definition) is 2. The van der Waals surface area contributed by atoms with Crippen molar-refractivity contribution in [1.29, 1.82) is 0 Å². The van der Waals surface area contributed by atoms with Crippen molar-refractivity contribution in [1.82, 2.24) is 0 Å². The molecule has 1 atom stereocenters. The predicted octanol–water partition coefficient (Wildman–Crippen LogP) is 10.9. The topological polar surface area (TPSA) is 51.8 Å². The normalized spacial score (nSPS) is 13.7. The van der Waals surface area contributed by atoms with Gasteiger partial charge in [-0.3, -0.25) is 0 Å². The first-order valence-corrected chi connectivity index (χ1v) is 16.5. The molecule has 1 unspecified atom stereocenters. The summed E-state index contributed by atoms with van der Waals surface area (Å²) in [4.78, 5) is 0. The molecule has 0 amide bonds. The molecular formula is C35H62O3S. The molecule has 1 aromatic rings. The SMILES string of the molecule is CCCCCCCCCCCCCCCCCCC(Cc1cc(C(C)(C)C)c(O)c(C(C)(C)C)c1)C(O)=[O+][S-]. The molecular weight excluding hydrogens is 500 g/mol. The van der Waals surface area contributed by atoms with Crippen molar-refractivity contribution in [3.8, 4) is 5.75 Å². The van der Waals surface area contributed by atoms with Crippen LogP contribution in [0.2, 0.25) is 0 Å². The van der Waals surface area contributed by atoms with E-state index in [1.807, 2.05) is 0 Å². The summed E-state index contributed by atoms with van der Waals surface area (Å²) in [6.07, 6.45) is 23.1. The van der Waals surface area contributed by atoms with Gasteiger partial charge in [-0.2, -0.15) is 0 Å². The first-order chi connectivity index (χ1) is 18.4. The number of unbranched alkanes of at least 4 members (excludes halogenated alkanes) is 15. The molecule has 0 aliphatic rings. The second-order valence-electron chi connectivity index (χ2n) is 14.0. The number of rotatable bonds is 20. The minimum atomic E-state index is -0.177. The minimum Gasteiger partial charge on any atom is -0.507 e. The molecule has 0 saturated heterocycles. The number of aliphatic carboxylic acids is 1. The lowest BCUT2D eigenvalue weighted by molar-refractivity contribution is -0.262. The van der Waals surface area contributed by atoms with Crippen LogP contribution in [-0.4, -0.2) is 16.2 Å². The van der Waals surface area contributed by atoms with Crippen LogP contribution in [0.1, 0.15) is 174 Å². The molecule has 1 rings (SSSR count). The Labute approximate surface area is 247 Å². The maximum Gasteiger partial charge on any atom is 0.469 e.